The molecule has 0 aromatic carbocycles. The van der Waals surface area contributed by atoms with Gasteiger partial charge in [0.1, 0.15) is 5.82 Å². The average Bonchev–Trinajstić information content (AvgIpc) is 2.65. The Balaban J connectivity index is 2.54. The number of ether oxygens (including phenoxy) is 1. The van der Waals surface area contributed by atoms with Gasteiger partial charge in [-0.2, -0.15) is 0 Å². The Labute approximate surface area is 98.0 Å². The van der Waals surface area contributed by atoms with E-state index in [-0.39, 0.29) is 6.04 Å². The summed E-state index contributed by atoms with van der Waals surface area (Å²) in [6, 6.07) is 0.661. The van der Waals surface area contributed by atoms with Crippen LogP contribution >= 0.6 is 0 Å². The van der Waals surface area contributed by atoms with Crippen molar-refractivity contribution in [2.75, 3.05) is 13.7 Å². The minimum atomic E-state index is 0.256. The first kappa shape index (κ1) is 13.2. The highest BCUT2D eigenvalue weighted by Crippen LogP contribution is 2.11. The first-order valence-electron chi connectivity index (χ1n) is 5.91. The molecule has 0 fully saturated rings. The lowest BCUT2D eigenvalue weighted by Crippen LogP contribution is -2.36. The van der Waals surface area contributed by atoms with Gasteiger partial charge < -0.3 is 14.6 Å². The Morgan fingerprint density at radius 2 is 2.31 bits per heavy atom. The van der Waals surface area contributed by atoms with Crippen molar-refractivity contribution < 1.29 is 4.74 Å². The van der Waals surface area contributed by atoms with Crippen molar-refractivity contribution in [2.24, 2.45) is 7.05 Å². The number of rotatable bonds is 7. The van der Waals surface area contributed by atoms with Crippen LogP contribution in [0.4, 0.5) is 0 Å². The molecule has 1 aromatic heterocycles. The molecule has 2 atom stereocenters. The van der Waals surface area contributed by atoms with Gasteiger partial charge in [-0.3, -0.25) is 0 Å². The van der Waals surface area contributed by atoms with Gasteiger partial charge >= 0.3 is 0 Å². The molecule has 4 nitrogen and oxygen atoms in total. The van der Waals surface area contributed by atoms with Crippen LogP contribution in [0, 0.1) is 0 Å². The van der Waals surface area contributed by atoms with E-state index in [1.807, 2.05) is 24.0 Å². The van der Waals surface area contributed by atoms with Gasteiger partial charge in [0, 0.05) is 32.6 Å². The summed E-state index contributed by atoms with van der Waals surface area (Å²) < 4.78 is 7.26. The maximum absolute atomic E-state index is 5.22. The molecule has 1 N–H and O–H groups in total. The molecule has 1 aromatic rings. The lowest BCUT2D eigenvalue weighted by atomic mass is 10.1. The van der Waals surface area contributed by atoms with Crippen molar-refractivity contribution >= 4 is 0 Å². The van der Waals surface area contributed by atoms with Gasteiger partial charge in [-0.15, -0.1) is 0 Å². The molecule has 0 saturated carbocycles. The number of aromatic nitrogens is 2. The van der Waals surface area contributed by atoms with Crippen molar-refractivity contribution in [1.29, 1.82) is 0 Å². The normalized spacial score (nSPS) is 15.0. The van der Waals surface area contributed by atoms with Crippen LogP contribution in [-0.4, -0.2) is 29.3 Å². The molecule has 0 radical (unpaired) electrons. The number of methoxy groups -OCH3 is 1. The van der Waals surface area contributed by atoms with Crippen molar-refractivity contribution in [3.8, 4) is 0 Å². The average molecular weight is 225 g/mol. The highest BCUT2D eigenvalue weighted by atomic mass is 16.5. The van der Waals surface area contributed by atoms with E-state index in [4.69, 9.17) is 4.74 Å². The Bertz CT molecular complexity index is 292. The van der Waals surface area contributed by atoms with Gasteiger partial charge in [-0.05, 0) is 13.3 Å². The first-order valence-corrected chi connectivity index (χ1v) is 5.91. The minimum absolute atomic E-state index is 0.256. The topological polar surface area (TPSA) is 39.1 Å². The number of aryl methyl sites for hydroxylation is 1. The van der Waals surface area contributed by atoms with Crippen molar-refractivity contribution in [2.45, 2.75) is 38.8 Å². The summed E-state index contributed by atoms with van der Waals surface area (Å²) in [7, 11) is 3.77. The highest BCUT2D eigenvalue weighted by Gasteiger charge is 2.15. The summed E-state index contributed by atoms with van der Waals surface area (Å²) in [6.07, 6.45) is 6.09. The SMILES string of the molecule is CCCC(COC)NC(C)c1nccn1C. The molecule has 0 aliphatic rings. The van der Waals surface area contributed by atoms with Crippen molar-refractivity contribution in [3.63, 3.8) is 0 Å². The van der Waals surface area contributed by atoms with Crippen LogP contribution in [0.2, 0.25) is 0 Å². The quantitative estimate of drug-likeness (QED) is 0.770. The maximum atomic E-state index is 5.22. The predicted octanol–water partition coefficient (Wildman–Crippen LogP) is 1.89. The number of nitrogens with zero attached hydrogens (tertiary/aromatic N) is 2. The molecule has 16 heavy (non-hydrogen) atoms. The summed E-state index contributed by atoms with van der Waals surface area (Å²) in [5.74, 6) is 1.07. The Morgan fingerprint density at radius 3 is 2.81 bits per heavy atom. The van der Waals surface area contributed by atoms with Gasteiger partial charge in [0.25, 0.3) is 0 Å². The summed E-state index contributed by atoms with van der Waals surface area (Å²) in [4.78, 5) is 4.35. The smallest absolute Gasteiger partial charge is 0.125 e. The van der Waals surface area contributed by atoms with E-state index in [0.717, 1.165) is 25.3 Å². The second-order valence-corrected chi connectivity index (χ2v) is 4.23. The fraction of sp³-hybridized carbons (Fsp3) is 0.750. The molecule has 1 rings (SSSR count). The zero-order chi connectivity index (χ0) is 12.0. The van der Waals surface area contributed by atoms with Gasteiger partial charge in [0.2, 0.25) is 0 Å². The molecule has 0 spiro atoms. The summed E-state index contributed by atoms with van der Waals surface area (Å²) >= 11 is 0. The number of nitrogens with one attached hydrogen (secondary N) is 1. The third-order valence-corrected chi connectivity index (χ3v) is 2.74. The van der Waals surface area contributed by atoms with Gasteiger partial charge in [0.15, 0.2) is 0 Å². The van der Waals surface area contributed by atoms with Gasteiger partial charge in [-0.25, -0.2) is 4.98 Å². The summed E-state index contributed by atoms with van der Waals surface area (Å²) in [5.41, 5.74) is 0. The molecule has 1 heterocycles. The molecule has 2 unspecified atom stereocenters. The standard InChI is InChI=1S/C12H23N3O/c1-5-6-11(9-16-4)14-10(2)12-13-7-8-15(12)3/h7-8,10-11,14H,5-6,9H2,1-4H3. The number of hydrogen-bond donors (Lipinski definition) is 1. The maximum Gasteiger partial charge on any atom is 0.125 e. The van der Waals surface area contributed by atoms with Crippen LogP contribution in [0.3, 0.4) is 0 Å². The minimum Gasteiger partial charge on any atom is -0.383 e. The van der Waals surface area contributed by atoms with E-state index < -0.39 is 0 Å². The molecule has 92 valence electrons. The number of imidazole rings is 1. The third kappa shape index (κ3) is 3.61. The zero-order valence-corrected chi connectivity index (χ0v) is 10.7. The Kier molecular flexibility index (Phi) is 5.49. The second-order valence-electron chi connectivity index (χ2n) is 4.23. The lowest BCUT2D eigenvalue weighted by molar-refractivity contribution is 0.156. The highest BCUT2D eigenvalue weighted by molar-refractivity contribution is 4.97. The molecule has 0 aliphatic carbocycles. The van der Waals surface area contributed by atoms with Crippen molar-refractivity contribution in [1.82, 2.24) is 14.9 Å². The largest absolute Gasteiger partial charge is 0.383 e. The van der Waals surface area contributed by atoms with E-state index in [9.17, 15) is 0 Å². The van der Waals surface area contributed by atoms with E-state index >= 15 is 0 Å². The fourth-order valence-electron chi connectivity index (χ4n) is 1.99. The molecule has 0 aliphatic heterocycles. The fourth-order valence-corrected chi connectivity index (χ4v) is 1.99. The van der Waals surface area contributed by atoms with Gasteiger partial charge in [-0.1, -0.05) is 13.3 Å². The van der Waals surface area contributed by atoms with Crippen LogP contribution < -0.4 is 5.32 Å². The summed E-state index contributed by atoms with van der Waals surface area (Å²) in [5, 5.41) is 3.55. The van der Waals surface area contributed by atoms with Crippen LogP contribution in [0.1, 0.15) is 38.6 Å². The van der Waals surface area contributed by atoms with E-state index in [1.165, 1.54) is 0 Å². The van der Waals surface area contributed by atoms with Crippen LogP contribution in [-0.2, 0) is 11.8 Å². The zero-order valence-electron chi connectivity index (χ0n) is 10.7. The Morgan fingerprint density at radius 1 is 1.56 bits per heavy atom. The van der Waals surface area contributed by atoms with E-state index in [0.29, 0.717) is 6.04 Å². The Hall–Kier alpha value is -0.870. The first-order chi connectivity index (χ1) is 7.69. The third-order valence-electron chi connectivity index (χ3n) is 2.74. The molecule has 0 amide bonds. The second kappa shape index (κ2) is 6.66. The monoisotopic (exact) mass is 225 g/mol. The molecular formula is C12H23N3O. The number of hydrogen-bond acceptors (Lipinski definition) is 3. The van der Waals surface area contributed by atoms with Crippen LogP contribution in [0.15, 0.2) is 12.4 Å². The summed E-state index contributed by atoms with van der Waals surface area (Å²) in [6.45, 7) is 5.08. The molecular weight excluding hydrogens is 202 g/mol. The van der Waals surface area contributed by atoms with Gasteiger partial charge in [0.05, 0.1) is 12.6 Å². The molecule has 0 bridgehead atoms. The lowest BCUT2D eigenvalue weighted by Gasteiger charge is -2.22. The molecule has 4 heteroatoms. The van der Waals surface area contributed by atoms with Crippen LogP contribution in [0.25, 0.3) is 0 Å². The van der Waals surface area contributed by atoms with E-state index in [2.05, 4.69) is 24.1 Å². The predicted molar refractivity (Wildman–Crippen MR) is 65.3 cm³/mol. The van der Waals surface area contributed by atoms with E-state index in [1.54, 1.807) is 7.11 Å². The molecule has 0 saturated heterocycles. The van der Waals surface area contributed by atoms with Crippen LogP contribution in [0.5, 0.6) is 0 Å². The van der Waals surface area contributed by atoms with Crippen molar-refractivity contribution in [3.05, 3.63) is 18.2 Å².